The van der Waals surface area contributed by atoms with E-state index in [0.717, 1.165) is 43.6 Å². The lowest BCUT2D eigenvalue weighted by Crippen LogP contribution is -2.43. The third-order valence-electron chi connectivity index (χ3n) is 4.77. The van der Waals surface area contributed by atoms with Crippen LogP contribution in [-0.2, 0) is 9.59 Å². The summed E-state index contributed by atoms with van der Waals surface area (Å²) in [6.45, 7) is 2.17. The molecule has 2 amide bonds. The van der Waals surface area contributed by atoms with Crippen molar-refractivity contribution in [3.63, 3.8) is 0 Å². The van der Waals surface area contributed by atoms with Gasteiger partial charge in [-0.3, -0.25) is 14.5 Å². The molecule has 1 aliphatic heterocycles. The first-order chi connectivity index (χ1) is 14.3. The Labute approximate surface area is 176 Å². The van der Waals surface area contributed by atoms with E-state index in [1.54, 1.807) is 11.3 Å². The number of nitrogens with one attached hydrogen (secondary N) is 2. The largest absolute Gasteiger partial charge is 0.573 e. The lowest BCUT2D eigenvalue weighted by Gasteiger charge is -2.34. The molecule has 0 radical (unpaired) electrons. The molecule has 0 aliphatic carbocycles. The standard InChI is InChI=1S/C20H22F3N3O3S/c21-20(22,23)29-16-6-4-15(5-7-16)25-19(28)18(27)24-12-17(14-8-11-30-13-14)26-9-2-1-3-10-26/h4-8,11,13,17H,1-3,9-10,12H2,(H,24,27)(H,25,28). The smallest absolute Gasteiger partial charge is 0.406 e. The number of anilines is 1. The highest BCUT2D eigenvalue weighted by atomic mass is 32.1. The molecule has 1 aromatic heterocycles. The van der Waals surface area contributed by atoms with Gasteiger partial charge in [0.2, 0.25) is 0 Å². The number of alkyl halides is 3. The van der Waals surface area contributed by atoms with Crippen LogP contribution in [0.3, 0.4) is 0 Å². The average Bonchev–Trinajstić information content (AvgIpc) is 3.23. The van der Waals surface area contributed by atoms with Crippen molar-refractivity contribution >= 4 is 28.8 Å². The topological polar surface area (TPSA) is 70.7 Å². The lowest BCUT2D eigenvalue weighted by molar-refractivity contribution is -0.274. The van der Waals surface area contributed by atoms with Crippen molar-refractivity contribution in [3.05, 3.63) is 46.7 Å². The fraction of sp³-hybridized carbons (Fsp3) is 0.400. The predicted octanol–water partition coefficient (Wildman–Crippen LogP) is 3.93. The Hall–Kier alpha value is -2.59. The lowest BCUT2D eigenvalue weighted by atomic mass is 10.0. The van der Waals surface area contributed by atoms with E-state index in [0.29, 0.717) is 6.54 Å². The second kappa shape index (κ2) is 9.94. The van der Waals surface area contributed by atoms with E-state index >= 15 is 0 Å². The first kappa shape index (κ1) is 22.1. The van der Waals surface area contributed by atoms with Gasteiger partial charge in [-0.05, 0) is 72.6 Å². The van der Waals surface area contributed by atoms with Crippen LogP contribution in [0.5, 0.6) is 5.75 Å². The van der Waals surface area contributed by atoms with Crippen LogP contribution in [0, 0.1) is 0 Å². The molecule has 0 bridgehead atoms. The number of piperidine rings is 1. The van der Waals surface area contributed by atoms with Crippen LogP contribution >= 0.6 is 11.3 Å². The number of hydrogen-bond donors (Lipinski definition) is 2. The molecule has 6 nitrogen and oxygen atoms in total. The van der Waals surface area contributed by atoms with E-state index in [2.05, 4.69) is 20.3 Å². The highest BCUT2D eigenvalue weighted by Gasteiger charge is 2.31. The molecule has 3 rings (SSSR count). The fourth-order valence-corrected chi connectivity index (χ4v) is 4.06. The number of likely N-dealkylation sites (tertiary alicyclic amines) is 1. The maximum absolute atomic E-state index is 12.2. The number of ether oxygens (including phenoxy) is 1. The molecule has 0 saturated carbocycles. The van der Waals surface area contributed by atoms with Gasteiger partial charge in [0.1, 0.15) is 5.75 Å². The maximum atomic E-state index is 12.2. The number of benzene rings is 1. The van der Waals surface area contributed by atoms with Gasteiger partial charge >= 0.3 is 18.2 Å². The normalized spacial score (nSPS) is 16.0. The number of rotatable bonds is 6. The Morgan fingerprint density at radius 3 is 2.37 bits per heavy atom. The van der Waals surface area contributed by atoms with Crippen LogP contribution in [0.4, 0.5) is 18.9 Å². The SMILES string of the molecule is O=C(NCC(c1ccsc1)N1CCCCC1)C(=O)Nc1ccc(OC(F)(F)F)cc1. The average molecular weight is 441 g/mol. The highest BCUT2D eigenvalue weighted by Crippen LogP contribution is 2.26. The van der Waals surface area contributed by atoms with E-state index in [-0.39, 0.29) is 11.7 Å². The summed E-state index contributed by atoms with van der Waals surface area (Å²) in [5.74, 6) is -2.10. The van der Waals surface area contributed by atoms with Crippen LogP contribution in [0.25, 0.3) is 0 Å². The second-order valence-electron chi connectivity index (χ2n) is 6.91. The number of halogens is 3. The Morgan fingerprint density at radius 1 is 1.07 bits per heavy atom. The number of carbonyl (C=O) groups excluding carboxylic acids is 2. The molecule has 1 atom stereocenters. The molecule has 10 heteroatoms. The van der Waals surface area contributed by atoms with Crippen LogP contribution in [0.1, 0.15) is 30.9 Å². The van der Waals surface area contributed by atoms with Crippen LogP contribution < -0.4 is 15.4 Å². The zero-order chi connectivity index (χ0) is 21.6. The van der Waals surface area contributed by atoms with Crippen molar-refractivity contribution in [2.45, 2.75) is 31.7 Å². The van der Waals surface area contributed by atoms with Gasteiger partial charge in [0, 0.05) is 12.2 Å². The molecular weight excluding hydrogens is 419 g/mol. The van der Waals surface area contributed by atoms with Crippen molar-refractivity contribution in [2.24, 2.45) is 0 Å². The summed E-state index contributed by atoms with van der Waals surface area (Å²) < 4.78 is 40.4. The monoisotopic (exact) mass is 441 g/mol. The van der Waals surface area contributed by atoms with Crippen molar-refractivity contribution in [3.8, 4) is 5.75 Å². The van der Waals surface area contributed by atoms with Gasteiger partial charge in [0.15, 0.2) is 0 Å². The first-order valence-electron chi connectivity index (χ1n) is 9.53. The third kappa shape index (κ3) is 6.46. The number of amides is 2. The van der Waals surface area contributed by atoms with Gasteiger partial charge in [-0.15, -0.1) is 13.2 Å². The molecule has 2 heterocycles. The Balaban J connectivity index is 1.54. The van der Waals surface area contributed by atoms with E-state index in [9.17, 15) is 22.8 Å². The van der Waals surface area contributed by atoms with E-state index in [1.165, 1.54) is 18.6 Å². The molecule has 30 heavy (non-hydrogen) atoms. The Kier molecular flexibility index (Phi) is 7.33. The summed E-state index contributed by atoms with van der Waals surface area (Å²) >= 11 is 1.58. The minimum atomic E-state index is -4.79. The second-order valence-corrected chi connectivity index (χ2v) is 7.69. The molecule has 1 fully saturated rings. The predicted molar refractivity (Wildman–Crippen MR) is 107 cm³/mol. The highest BCUT2D eigenvalue weighted by molar-refractivity contribution is 7.08. The van der Waals surface area contributed by atoms with Gasteiger partial charge in [0.25, 0.3) is 0 Å². The maximum Gasteiger partial charge on any atom is 0.573 e. The van der Waals surface area contributed by atoms with Crippen molar-refractivity contribution in [1.29, 1.82) is 0 Å². The third-order valence-corrected chi connectivity index (χ3v) is 5.47. The number of thiophene rings is 1. The van der Waals surface area contributed by atoms with E-state index < -0.39 is 23.9 Å². The first-order valence-corrected chi connectivity index (χ1v) is 10.5. The molecular formula is C20H22F3N3O3S. The molecule has 1 saturated heterocycles. The van der Waals surface area contributed by atoms with Gasteiger partial charge in [-0.2, -0.15) is 11.3 Å². The fourth-order valence-electron chi connectivity index (χ4n) is 3.35. The summed E-state index contributed by atoms with van der Waals surface area (Å²) in [6, 6.07) is 6.59. The summed E-state index contributed by atoms with van der Waals surface area (Å²) in [4.78, 5) is 26.7. The summed E-state index contributed by atoms with van der Waals surface area (Å²) in [6.07, 6.45) is -1.40. The zero-order valence-electron chi connectivity index (χ0n) is 16.1. The van der Waals surface area contributed by atoms with Gasteiger partial charge in [-0.1, -0.05) is 6.42 Å². The van der Waals surface area contributed by atoms with Crippen LogP contribution in [0.15, 0.2) is 41.1 Å². The molecule has 1 unspecified atom stereocenters. The minimum absolute atomic E-state index is 0.00731. The number of nitrogens with zero attached hydrogens (tertiary/aromatic N) is 1. The summed E-state index contributed by atoms with van der Waals surface area (Å²) in [7, 11) is 0. The Bertz CT molecular complexity index is 835. The van der Waals surface area contributed by atoms with Gasteiger partial charge < -0.3 is 15.4 Å². The Morgan fingerprint density at radius 2 is 1.77 bits per heavy atom. The number of carbonyl (C=O) groups is 2. The van der Waals surface area contributed by atoms with Crippen molar-refractivity contribution in [2.75, 3.05) is 25.0 Å². The quantitative estimate of drug-likeness (QED) is 0.667. The molecule has 1 aromatic carbocycles. The van der Waals surface area contributed by atoms with Crippen molar-refractivity contribution in [1.82, 2.24) is 10.2 Å². The molecule has 2 N–H and O–H groups in total. The van der Waals surface area contributed by atoms with Gasteiger partial charge in [-0.25, -0.2) is 0 Å². The molecule has 1 aliphatic rings. The van der Waals surface area contributed by atoms with Crippen molar-refractivity contribution < 1.29 is 27.5 Å². The molecule has 162 valence electrons. The number of hydrogen-bond acceptors (Lipinski definition) is 5. The summed E-state index contributed by atoms with van der Waals surface area (Å²) in [5, 5.41) is 9.06. The van der Waals surface area contributed by atoms with Crippen LogP contribution in [0.2, 0.25) is 0 Å². The zero-order valence-corrected chi connectivity index (χ0v) is 16.9. The summed E-state index contributed by atoms with van der Waals surface area (Å²) in [5.41, 5.74) is 1.29. The van der Waals surface area contributed by atoms with E-state index in [4.69, 9.17) is 0 Å². The minimum Gasteiger partial charge on any atom is -0.406 e. The molecule has 2 aromatic rings. The van der Waals surface area contributed by atoms with E-state index in [1.807, 2.05) is 16.8 Å². The van der Waals surface area contributed by atoms with Gasteiger partial charge in [0.05, 0.1) is 6.04 Å². The molecule has 0 spiro atoms. The van der Waals surface area contributed by atoms with Crippen LogP contribution in [-0.4, -0.2) is 42.7 Å².